The lowest BCUT2D eigenvalue weighted by molar-refractivity contribution is 0.176. The molecule has 19 heavy (non-hydrogen) atoms. The molecule has 1 aliphatic carbocycles. The summed E-state index contributed by atoms with van der Waals surface area (Å²) < 4.78 is 0. The molecule has 0 amide bonds. The summed E-state index contributed by atoms with van der Waals surface area (Å²) in [5, 5.41) is 0. The molecular formula is C15H22N4. The van der Waals surface area contributed by atoms with Gasteiger partial charge in [-0.05, 0) is 50.4 Å². The number of hydrogen-bond donors (Lipinski definition) is 2. The van der Waals surface area contributed by atoms with Crippen molar-refractivity contribution in [2.75, 3.05) is 7.05 Å². The maximum absolute atomic E-state index is 5.97. The van der Waals surface area contributed by atoms with Gasteiger partial charge in [0.2, 0.25) is 0 Å². The van der Waals surface area contributed by atoms with Crippen LogP contribution in [0.25, 0.3) is 11.0 Å². The van der Waals surface area contributed by atoms with Crippen molar-refractivity contribution in [2.45, 2.75) is 44.3 Å². The maximum atomic E-state index is 5.97. The molecule has 4 nitrogen and oxygen atoms in total. The van der Waals surface area contributed by atoms with Crippen LogP contribution >= 0.6 is 0 Å². The average molecular weight is 258 g/mol. The molecule has 1 aromatic carbocycles. The molecule has 1 aliphatic rings. The van der Waals surface area contributed by atoms with Crippen LogP contribution in [-0.2, 0) is 6.54 Å². The average Bonchev–Trinajstić information content (AvgIpc) is 2.87. The fourth-order valence-corrected chi connectivity index (χ4v) is 3.04. The summed E-state index contributed by atoms with van der Waals surface area (Å²) in [6.07, 6.45) is 6.53. The molecule has 2 aromatic rings. The van der Waals surface area contributed by atoms with Gasteiger partial charge in [-0.15, -0.1) is 0 Å². The molecule has 1 heterocycles. The highest BCUT2D eigenvalue weighted by Gasteiger charge is 2.21. The van der Waals surface area contributed by atoms with Gasteiger partial charge in [0, 0.05) is 18.6 Å². The van der Waals surface area contributed by atoms with Gasteiger partial charge in [0.05, 0.1) is 17.4 Å². The van der Waals surface area contributed by atoms with Crippen LogP contribution in [0.4, 0.5) is 0 Å². The van der Waals surface area contributed by atoms with Crippen molar-refractivity contribution >= 4 is 11.0 Å². The van der Waals surface area contributed by atoms with Gasteiger partial charge in [0.15, 0.2) is 0 Å². The number of rotatable bonds is 3. The summed E-state index contributed by atoms with van der Waals surface area (Å²) in [7, 11) is 2.22. The highest BCUT2D eigenvalue weighted by molar-refractivity contribution is 5.74. The number of aromatic amines is 1. The predicted octanol–water partition coefficient (Wildman–Crippen LogP) is 2.26. The second-order valence-electron chi connectivity index (χ2n) is 5.74. The Balaban J connectivity index is 1.66. The van der Waals surface area contributed by atoms with Crippen LogP contribution in [0.5, 0.6) is 0 Å². The Morgan fingerprint density at radius 2 is 2.11 bits per heavy atom. The molecule has 3 N–H and O–H groups in total. The SMILES string of the molecule is CN(Cc1ccc2nc[nH]c2c1)C1CCC(N)CC1. The van der Waals surface area contributed by atoms with E-state index in [0.717, 1.165) is 30.4 Å². The maximum Gasteiger partial charge on any atom is 0.0931 e. The standard InChI is InChI=1S/C15H22N4/c1-19(13-5-3-12(16)4-6-13)9-11-2-7-14-15(8-11)18-10-17-14/h2,7-8,10,12-13H,3-6,9,16H2,1H3,(H,17,18). The summed E-state index contributed by atoms with van der Waals surface area (Å²) in [6, 6.07) is 7.57. The van der Waals surface area contributed by atoms with Crippen LogP contribution in [0, 0.1) is 0 Å². The number of nitrogens with one attached hydrogen (secondary N) is 1. The highest BCUT2D eigenvalue weighted by atomic mass is 15.1. The predicted molar refractivity (Wildman–Crippen MR) is 77.8 cm³/mol. The fraction of sp³-hybridized carbons (Fsp3) is 0.533. The lowest BCUT2D eigenvalue weighted by atomic mass is 9.91. The van der Waals surface area contributed by atoms with Crippen LogP contribution in [0.2, 0.25) is 0 Å². The first-order chi connectivity index (χ1) is 9.22. The molecule has 0 saturated heterocycles. The van der Waals surface area contributed by atoms with Crippen molar-refractivity contribution < 1.29 is 0 Å². The molecule has 1 fully saturated rings. The first kappa shape index (κ1) is 12.6. The zero-order chi connectivity index (χ0) is 13.2. The molecule has 1 saturated carbocycles. The second kappa shape index (κ2) is 5.31. The summed E-state index contributed by atoms with van der Waals surface area (Å²) in [5.41, 5.74) is 9.47. The normalized spacial score (nSPS) is 24.2. The largest absolute Gasteiger partial charge is 0.345 e. The first-order valence-corrected chi connectivity index (χ1v) is 7.10. The van der Waals surface area contributed by atoms with Crippen LogP contribution in [0.15, 0.2) is 24.5 Å². The monoisotopic (exact) mass is 258 g/mol. The minimum atomic E-state index is 0.422. The Bertz CT molecular complexity index is 540. The van der Waals surface area contributed by atoms with E-state index in [2.05, 4.69) is 40.1 Å². The zero-order valence-corrected chi connectivity index (χ0v) is 11.5. The molecule has 0 radical (unpaired) electrons. The smallest absolute Gasteiger partial charge is 0.0931 e. The Kier molecular flexibility index (Phi) is 3.53. The van der Waals surface area contributed by atoms with Gasteiger partial charge >= 0.3 is 0 Å². The van der Waals surface area contributed by atoms with E-state index in [9.17, 15) is 0 Å². The Hall–Kier alpha value is -1.39. The molecular weight excluding hydrogens is 236 g/mol. The topological polar surface area (TPSA) is 57.9 Å². The van der Waals surface area contributed by atoms with Crippen molar-refractivity contribution in [2.24, 2.45) is 5.73 Å². The third kappa shape index (κ3) is 2.80. The van der Waals surface area contributed by atoms with Crippen LogP contribution < -0.4 is 5.73 Å². The van der Waals surface area contributed by atoms with Gasteiger partial charge in [-0.25, -0.2) is 4.98 Å². The Morgan fingerprint density at radius 3 is 2.89 bits per heavy atom. The molecule has 0 spiro atoms. The number of fused-ring (bicyclic) bond motifs is 1. The summed E-state index contributed by atoms with van der Waals surface area (Å²) in [6.45, 7) is 0.995. The number of nitrogens with two attached hydrogens (primary N) is 1. The van der Waals surface area contributed by atoms with E-state index in [-0.39, 0.29) is 0 Å². The van der Waals surface area contributed by atoms with Crippen molar-refractivity contribution in [3.05, 3.63) is 30.1 Å². The van der Waals surface area contributed by atoms with Crippen LogP contribution in [0.3, 0.4) is 0 Å². The number of nitrogens with zero attached hydrogens (tertiary/aromatic N) is 2. The van der Waals surface area contributed by atoms with Crippen LogP contribution in [-0.4, -0.2) is 34.0 Å². The quantitative estimate of drug-likeness (QED) is 0.888. The van der Waals surface area contributed by atoms with Crippen molar-refractivity contribution in [3.63, 3.8) is 0 Å². The van der Waals surface area contributed by atoms with E-state index >= 15 is 0 Å². The van der Waals surface area contributed by atoms with Gasteiger partial charge in [0.25, 0.3) is 0 Å². The molecule has 4 heteroatoms. The second-order valence-corrected chi connectivity index (χ2v) is 5.74. The lowest BCUT2D eigenvalue weighted by Gasteiger charge is -2.33. The van der Waals surface area contributed by atoms with Gasteiger partial charge in [-0.3, -0.25) is 4.90 Å². The Labute approximate surface area is 114 Å². The number of imidazole rings is 1. The minimum Gasteiger partial charge on any atom is -0.345 e. The van der Waals surface area contributed by atoms with Crippen molar-refractivity contribution in [1.82, 2.24) is 14.9 Å². The third-order valence-electron chi connectivity index (χ3n) is 4.28. The molecule has 0 aliphatic heterocycles. The molecule has 0 bridgehead atoms. The number of hydrogen-bond acceptors (Lipinski definition) is 3. The number of aromatic nitrogens is 2. The van der Waals surface area contributed by atoms with Gasteiger partial charge in [0.1, 0.15) is 0 Å². The van der Waals surface area contributed by atoms with Crippen molar-refractivity contribution in [3.8, 4) is 0 Å². The zero-order valence-electron chi connectivity index (χ0n) is 11.5. The van der Waals surface area contributed by atoms with Gasteiger partial charge in [-0.1, -0.05) is 6.07 Å². The van der Waals surface area contributed by atoms with E-state index < -0.39 is 0 Å². The number of benzene rings is 1. The van der Waals surface area contributed by atoms with Crippen molar-refractivity contribution in [1.29, 1.82) is 0 Å². The third-order valence-corrected chi connectivity index (χ3v) is 4.28. The van der Waals surface area contributed by atoms with Gasteiger partial charge < -0.3 is 10.7 Å². The molecule has 3 rings (SSSR count). The summed E-state index contributed by atoms with van der Waals surface area (Å²) >= 11 is 0. The molecule has 0 atom stereocenters. The lowest BCUT2D eigenvalue weighted by Crippen LogP contribution is -2.38. The molecule has 102 valence electrons. The van der Waals surface area contributed by atoms with E-state index in [0.29, 0.717) is 12.1 Å². The molecule has 0 unspecified atom stereocenters. The fourth-order valence-electron chi connectivity index (χ4n) is 3.04. The van der Waals surface area contributed by atoms with E-state index in [1.54, 1.807) is 6.33 Å². The Morgan fingerprint density at radius 1 is 1.32 bits per heavy atom. The summed E-state index contributed by atoms with van der Waals surface area (Å²) in [4.78, 5) is 9.89. The molecule has 1 aromatic heterocycles. The first-order valence-electron chi connectivity index (χ1n) is 7.10. The minimum absolute atomic E-state index is 0.422. The highest BCUT2D eigenvalue weighted by Crippen LogP contribution is 2.23. The van der Waals surface area contributed by atoms with Gasteiger partial charge in [-0.2, -0.15) is 0 Å². The van der Waals surface area contributed by atoms with Crippen LogP contribution in [0.1, 0.15) is 31.2 Å². The number of H-pyrrole nitrogens is 1. The van der Waals surface area contributed by atoms with E-state index in [1.165, 1.54) is 18.4 Å². The van der Waals surface area contributed by atoms with E-state index in [1.807, 2.05) is 0 Å². The van der Waals surface area contributed by atoms with E-state index in [4.69, 9.17) is 5.73 Å². The summed E-state index contributed by atoms with van der Waals surface area (Å²) in [5.74, 6) is 0.